The number of hydrogen-bond donors (Lipinski definition) is 1. The first-order chi connectivity index (χ1) is 9.91. The van der Waals surface area contributed by atoms with E-state index in [1.165, 1.54) is 11.6 Å². The van der Waals surface area contributed by atoms with E-state index in [-0.39, 0.29) is 11.2 Å². The van der Waals surface area contributed by atoms with E-state index < -0.39 is 6.04 Å². The summed E-state index contributed by atoms with van der Waals surface area (Å²) >= 11 is 0. The molecule has 0 aromatic heterocycles. The fraction of sp³-hybridized carbons (Fsp3) is 0.278. The van der Waals surface area contributed by atoms with E-state index in [1.807, 2.05) is 24.3 Å². The topological polar surface area (TPSA) is 35.8 Å². The van der Waals surface area contributed by atoms with E-state index in [1.54, 1.807) is 18.2 Å². The van der Waals surface area contributed by atoms with Crippen molar-refractivity contribution in [2.24, 2.45) is 0 Å². The van der Waals surface area contributed by atoms with Gasteiger partial charge in [0.05, 0.1) is 11.8 Å². The van der Waals surface area contributed by atoms with Gasteiger partial charge in [-0.3, -0.25) is 0 Å². The number of benzene rings is 2. The molecule has 0 aliphatic rings. The van der Waals surface area contributed by atoms with Crippen molar-refractivity contribution < 1.29 is 4.39 Å². The Kier molecular flexibility index (Phi) is 4.28. The minimum Gasteiger partial charge on any atom is -0.364 e. The van der Waals surface area contributed by atoms with Gasteiger partial charge in [-0.15, -0.1) is 0 Å². The molecule has 0 radical (unpaired) electrons. The molecule has 0 spiro atoms. The van der Waals surface area contributed by atoms with Crippen molar-refractivity contribution >= 4 is 5.69 Å². The molecule has 0 aliphatic carbocycles. The maximum atomic E-state index is 13.7. The van der Waals surface area contributed by atoms with Gasteiger partial charge in [0, 0.05) is 0 Å². The maximum Gasteiger partial charge on any atom is 0.146 e. The Balaban J connectivity index is 2.23. The Labute approximate surface area is 125 Å². The van der Waals surface area contributed by atoms with Gasteiger partial charge in [-0.05, 0) is 28.7 Å². The summed E-state index contributed by atoms with van der Waals surface area (Å²) in [6.07, 6.45) is 0. The third kappa shape index (κ3) is 3.61. The molecule has 2 aromatic carbocycles. The minimum absolute atomic E-state index is 0.0691. The number of para-hydroxylation sites is 1. The van der Waals surface area contributed by atoms with Crippen LogP contribution in [0.4, 0.5) is 10.1 Å². The quantitative estimate of drug-likeness (QED) is 0.877. The zero-order valence-corrected chi connectivity index (χ0v) is 12.5. The van der Waals surface area contributed by atoms with Crippen molar-refractivity contribution in [2.45, 2.75) is 32.2 Å². The van der Waals surface area contributed by atoms with Crippen molar-refractivity contribution in [3.63, 3.8) is 0 Å². The first-order valence-corrected chi connectivity index (χ1v) is 6.93. The smallest absolute Gasteiger partial charge is 0.146 e. The fourth-order valence-corrected chi connectivity index (χ4v) is 2.10. The molecular formula is C18H19FN2. The number of nitriles is 1. The van der Waals surface area contributed by atoms with E-state index in [0.717, 1.165) is 5.56 Å². The average Bonchev–Trinajstić information content (AvgIpc) is 2.46. The maximum absolute atomic E-state index is 13.7. The molecule has 0 bridgehead atoms. The van der Waals surface area contributed by atoms with Crippen LogP contribution in [0, 0.1) is 17.1 Å². The van der Waals surface area contributed by atoms with Crippen LogP contribution >= 0.6 is 0 Å². The lowest BCUT2D eigenvalue weighted by Gasteiger charge is -2.20. The second-order valence-electron chi connectivity index (χ2n) is 6.06. The Morgan fingerprint density at radius 1 is 1.05 bits per heavy atom. The van der Waals surface area contributed by atoms with Crippen LogP contribution in [0.15, 0.2) is 48.5 Å². The second kappa shape index (κ2) is 5.97. The van der Waals surface area contributed by atoms with Crippen LogP contribution in [0.25, 0.3) is 0 Å². The molecule has 2 rings (SSSR count). The Hall–Kier alpha value is -2.34. The van der Waals surface area contributed by atoms with Crippen LogP contribution in [0.2, 0.25) is 0 Å². The molecule has 1 N–H and O–H groups in total. The molecule has 0 heterocycles. The summed E-state index contributed by atoms with van der Waals surface area (Å²) in [4.78, 5) is 0. The molecule has 108 valence electrons. The number of hydrogen-bond acceptors (Lipinski definition) is 2. The second-order valence-corrected chi connectivity index (χ2v) is 6.06. The van der Waals surface area contributed by atoms with Gasteiger partial charge in [0.15, 0.2) is 0 Å². The number of nitrogens with zero attached hydrogens (tertiary/aromatic N) is 1. The van der Waals surface area contributed by atoms with Gasteiger partial charge in [0.1, 0.15) is 11.9 Å². The van der Waals surface area contributed by atoms with Gasteiger partial charge in [-0.2, -0.15) is 5.26 Å². The Morgan fingerprint density at radius 3 is 2.19 bits per heavy atom. The molecule has 21 heavy (non-hydrogen) atoms. The first kappa shape index (κ1) is 15.1. The van der Waals surface area contributed by atoms with Crippen molar-refractivity contribution in [1.82, 2.24) is 0 Å². The van der Waals surface area contributed by atoms with Crippen molar-refractivity contribution in [2.75, 3.05) is 5.32 Å². The predicted octanol–water partition coefficient (Wildman–Crippen LogP) is 4.80. The lowest BCUT2D eigenvalue weighted by Crippen LogP contribution is -2.13. The number of rotatable bonds is 3. The molecule has 0 saturated carbocycles. The zero-order chi connectivity index (χ0) is 15.5. The summed E-state index contributed by atoms with van der Waals surface area (Å²) in [5, 5.41) is 12.3. The van der Waals surface area contributed by atoms with Crippen LogP contribution in [0.1, 0.15) is 37.9 Å². The number of nitrogens with one attached hydrogen (secondary N) is 1. The van der Waals surface area contributed by atoms with Gasteiger partial charge in [-0.25, -0.2) is 4.39 Å². The average molecular weight is 282 g/mol. The molecule has 3 heteroatoms. The summed E-state index contributed by atoms with van der Waals surface area (Å²) < 4.78 is 13.7. The lowest BCUT2D eigenvalue weighted by atomic mass is 9.86. The molecule has 1 unspecified atom stereocenters. The normalized spacial score (nSPS) is 12.5. The Morgan fingerprint density at radius 2 is 1.67 bits per heavy atom. The standard InChI is InChI=1S/C18H19FN2/c1-18(2,3)14-10-8-13(9-11-14)17(12-20)21-16-7-5-4-6-15(16)19/h4-11,17,21H,1-3H3. The molecule has 2 nitrogen and oxygen atoms in total. The third-order valence-electron chi connectivity index (χ3n) is 3.41. The summed E-state index contributed by atoms with van der Waals surface area (Å²) in [6, 6.07) is 15.8. The van der Waals surface area contributed by atoms with E-state index in [2.05, 4.69) is 32.2 Å². The summed E-state index contributed by atoms with van der Waals surface area (Å²) in [5.41, 5.74) is 2.44. The molecule has 0 amide bonds. The molecular weight excluding hydrogens is 263 g/mol. The molecule has 1 atom stereocenters. The van der Waals surface area contributed by atoms with Gasteiger partial charge in [0.2, 0.25) is 0 Å². The molecule has 0 saturated heterocycles. The largest absolute Gasteiger partial charge is 0.364 e. The van der Waals surface area contributed by atoms with Gasteiger partial charge < -0.3 is 5.32 Å². The Bertz CT molecular complexity index is 648. The van der Waals surface area contributed by atoms with Crippen LogP contribution in [0.5, 0.6) is 0 Å². The molecule has 0 fully saturated rings. The summed E-state index contributed by atoms with van der Waals surface area (Å²) in [7, 11) is 0. The third-order valence-corrected chi connectivity index (χ3v) is 3.41. The van der Waals surface area contributed by atoms with Gasteiger partial charge in [0.25, 0.3) is 0 Å². The van der Waals surface area contributed by atoms with E-state index >= 15 is 0 Å². The SMILES string of the molecule is CC(C)(C)c1ccc(C(C#N)Nc2ccccc2F)cc1. The van der Waals surface area contributed by atoms with Gasteiger partial charge >= 0.3 is 0 Å². The van der Waals surface area contributed by atoms with Gasteiger partial charge in [-0.1, -0.05) is 57.2 Å². The van der Waals surface area contributed by atoms with Crippen molar-refractivity contribution in [3.05, 3.63) is 65.5 Å². The highest BCUT2D eigenvalue weighted by Gasteiger charge is 2.16. The first-order valence-electron chi connectivity index (χ1n) is 6.93. The minimum atomic E-state index is -0.573. The fourth-order valence-electron chi connectivity index (χ4n) is 2.10. The highest BCUT2D eigenvalue weighted by Crippen LogP contribution is 2.26. The van der Waals surface area contributed by atoms with Crippen molar-refractivity contribution in [1.29, 1.82) is 5.26 Å². The monoisotopic (exact) mass is 282 g/mol. The van der Waals surface area contributed by atoms with Crippen LogP contribution < -0.4 is 5.32 Å². The predicted molar refractivity (Wildman–Crippen MR) is 83.5 cm³/mol. The van der Waals surface area contributed by atoms with Crippen molar-refractivity contribution in [3.8, 4) is 6.07 Å². The highest BCUT2D eigenvalue weighted by molar-refractivity contribution is 5.48. The lowest BCUT2D eigenvalue weighted by molar-refractivity contribution is 0.590. The van der Waals surface area contributed by atoms with E-state index in [0.29, 0.717) is 5.69 Å². The highest BCUT2D eigenvalue weighted by atomic mass is 19.1. The summed E-state index contributed by atoms with van der Waals surface area (Å²) in [6.45, 7) is 6.42. The number of anilines is 1. The number of halogens is 1. The van der Waals surface area contributed by atoms with Crippen LogP contribution in [0.3, 0.4) is 0 Å². The van der Waals surface area contributed by atoms with Crippen LogP contribution in [-0.2, 0) is 5.41 Å². The molecule has 0 aliphatic heterocycles. The van der Waals surface area contributed by atoms with E-state index in [4.69, 9.17) is 0 Å². The molecule has 2 aromatic rings. The zero-order valence-electron chi connectivity index (χ0n) is 12.5. The van der Waals surface area contributed by atoms with Crippen LogP contribution in [-0.4, -0.2) is 0 Å². The summed E-state index contributed by atoms with van der Waals surface area (Å²) in [5.74, 6) is -0.357. The van der Waals surface area contributed by atoms with E-state index in [9.17, 15) is 9.65 Å².